The third-order valence-electron chi connectivity index (χ3n) is 8.02. The normalized spacial score (nSPS) is 12.7. The average molecular weight is 659 g/mol. The van der Waals surface area contributed by atoms with Crippen molar-refractivity contribution in [2.45, 2.75) is 130 Å². The highest BCUT2D eigenvalue weighted by Crippen LogP contribution is 2.41. The van der Waals surface area contributed by atoms with Gasteiger partial charge in [-0.15, -0.1) is 0 Å². The van der Waals surface area contributed by atoms with Crippen LogP contribution in [-0.2, 0) is 58.4 Å². The predicted octanol–water partition coefficient (Wildman–Crippen LogP) is 8.32. The molecule has 46 heavy (non-hydrogen) atoms. The van der Waals surface area contributed by atoms with Crippen molar-refractivity contribution in [2.24, 2.45) is 5.92 Å². The van der Waals surface area contributed by atoms with Gasteiger partial charge in [0.2, 0.25) is 5.24 Å². The van der Waals surface area contributed by atoms with E-state index in [0.29, 0.717) is 12.8 Å². The fourth-order valence-electron chi connectivity index (χ4n) is 5.17. The zero-order valence-electron chi connectivity index (χ0n) is 29.9. The highest BCUT2D eigenvalue weighted by molar-refractivity contribution is 6.64. The lowest BCUT2D eigenvalue weighted by Gasteiger charge is -2.28. The molecule has 0 saturated carbocycles. The fourth-order valence-corrected chi connectivity index (χ4v) is 5.29. The molecule has 0 aromatic heterocycles. The van der Waals surface area contributed by atoms with Crippen LogP contribution in [0.4, 0.5) is 0 Å². The number of aromatic hydroxyl groups is 2. The van der Waals surface area contributed by atoms with E-state index in [4.69, 9.17) is 21.1 Å². The molecule has 0 aliphatic heterocycles. The molecular weight excluding hydrogens is 604 g/mol. The van der Waals surface area contributed by atoms with Gasteiger partial charge in [-0.25, -0.2) is 0 Å². The van der Waals surface area contributed by atoms with Crippen molar-refractivity contribution in [3.8, 4) is 11.5 Å². The summed E-state index contributed by atoms with van der Waals surface area (Å²) in [5.74, 6) is -1.45. The first kappa shape index (κ1) is 39.1. The van der Waals surface area contributed by atoms with Crippen molar-refractivity contribution < 1.29 is 34.1 Å². The van der Waals surface area contributed by atoms with Gasteiger partial charge in [0.25, 0.3) is 0 Å². The SMILES string of the molecule is CC(C)(C)c1cc(CCC(=O)OCC(COC(=O)CCc2cc(C(C)(C)C)c(O)c(C(C)(C)C)c2)C(=O)Cl)cc(C(C)(C)C)c1O. The summed E-state index contributed by atoms with van der Waals surface area (Å²) in [6, 6.07) is 7.70. The van der Waals surface area contributed by atoms with Gasteiger partial charge in [0.15, 0.2) is 0 Å². The van der Waals surface area contributed by atoms with E-state index in [2.05, 4.69) is 0 Å². The Balaban J connectivity index is 2.00. The lowest BCUT2D eigenvalue weighted by Crippen LogP contribution is -2.25. The van der Waals surface area contributed by atoms with Gasteiger partial charge < -0.3 is 19.7 Å². The van der Waals surface area contributed by atoms with Gasteiger partial charge in [0.05, 0.1) is 0 Å². The Morgan fingerprint density at radius 2 is 0.848 bits per heavy atom. The molecular formula is C38H55ClO7. The van der Waals surface area contributed by atoms with E-state index >= 15 is 0 Å². The Kier molecular flexibility index (Phi) is 12.6. The van der Waals surface area contributed by atoms with E-state index < -0.39 is 23.1 Å². The highest BCUT2D eigenvalue weighted by atomic mass is 35.5. The molecule has 0 bridgehead atoms. The first-order valence-electron chi connectivity index (χ1n) is 16.1. The zero-order chi connectivity index (χ0) is 35.4. The summed E-state index contributed by atoms with van der Waals surface area (Å²) >= 11 is 5.76. The van der Waals surface area contributed by atoms with E-state index in [-0.39, 0.29) is 59.2 Å². The monoisotopic (exact) mass is 658 g/mol. The fraction of sp³-hybridized carbons (Fsp3) is 0.605. The Morgan fingerprint density at radius 1 is 0.587 bits per heavy atom. The molecule has 2 aromatic rings. The quantitative estimate of drug-likeness (QED) is 0.184. The minimum absolute atomic E-state index is 0.0701. The summed E-state index contributed by atoms with van der Waals surface area (Å²) in [5, 5.41) is 21.1. The summed E-state index contributed by atoms with van der Waals surface area (Å²) in [4.78, 5) is 37.3. The van der Waals surface area contributed by atoms with Crippen molar-refractivity contribution in [2.75, 3.05) is 13.2 Å². The van der Waals surface area contributed by atoms with E-state index in [1.165, 1.54) is 0 Å². The van der Waals surface area contributed by atoms with Crippen LogP contribution in [0.3, 0.4) is 0 Å². The Morgan fingerprint density at radius 3 is 1.07 bits per heavy atom. The molecule has 0 aliphatic rings. The number of rotatable bonds is 11. The molecule has 0 heterocycles. The molecule has 0 spiro atoms. The van der Waals surface area contributed by atoms with E-state index in [9.17, 15) is 24.6 Å². The number of esters is 2. The molecule has 2 aromatic carbocycles. The van der Waals surface area contributed by atoms with Crippen LogP contribution < -0.4 is 0 Å². The first-order chi connectivity index (χ1) is 20.8. The predicted molar refractivity (Wildman–Crippen MR) is 184 cm³/mol. The van der Waals surface area contributed by atoms with Gasteiger partial charge in [0.1, 0.15) is 30.6 Å². The van der Waals surface area contributed by atoms with Gasteiger partial charge in [-0.2, -0.15) is 0 Å². The highest BCUT2D eigenvalue weighted by Gasteiger charge is 2.28. The van der Waals surface area contributed by atoms with Crippen molar-refractivity contribution in [1.29, 1.82) is 0 Å². The maximum absolute atomic E-state index is 12.6. The molecule has 2 rings (SSSR count). The van der Waals surface area contributed by atoms with Crippen LogP contribution >= 0.6 is 11.6 Å². The number of hydrogen-bond acceptors (Lipinski definition) is 7. The maximum Gasteiger partial charge on any atom is 0.306 e. The molecule has 2 N–H and O–H groups in total. The number of carbonyl (C=O) groups excluding carboxylic acids is 3. The number of aryl methyl sites for hydroxylation is 2. The third kappa shape index (κ3) is 11.0. The lowest BCUT2D eigenvalue weighted by atomic mass is 9.78. The molecule has 8 heteroatoms. The van der Waals surface area contributed by atoms with Gasteiger partial charge in [-0.1, -0.05) is 107 Å². The minimum atomic E-state index is -0.989. The summed E-state index contributed by atoms with van der Waals surface area (Å²) in [6.45, 7) is 23.8. The Labute approximate surface area is 281 Å². The van der Waals surface area contributed by atoms with Crippen molar-refractivity contribution in [3.63, 3.8) is 0 Å². The van der Waals surface area contributed by atoms with Crippen LogP contribution in [0.15, 0.2) is 24.3 Å². The van der Waals surface area contributed by atoms with Gasteiger partial charge in [0, 0.05) is 12.8 Å². The molecule has 0 saturated heterocycles. The second kappa shape index (κ2) is 14.8. The molecule has 0 atom stereocenters. The number of phenolic OH excluding ortho intramolecular Hbond substituents is 2. The summed E-state index contributed by atoms with van der Waals surface area (Å²) in [7, 11) is 0. The topological polar surface area (TPSA) is 110 Å². The molecule has 0 radical (unpaired) electrons. The standard InChI is InChI=1S/C38H55ClO7/c1-35(2,3)26-17-23(18-27(32(26)42)36(4,5)6)13-15-30(40)45-21-25(34(39)44)22-46-31(41)16-14-24-19-28(37(7,8)9)33(43)29(20-24)38(10,11)12/h17-20,25,42-43H,13-16,21-22H2,1-12H3. The third-order valence-corrected chi connectivity index (χ3v) is 8.33. The lowest BCUT2D eigenvalue weighted by molar-refractivity contribution is -0.149. The Hall–Kier alpha value is -3.06. The van der Waals surface area contributed by atoms with E-state index in [0.717, 1.165) is 33.4 Å². The molecule has 0 fully saturated rings. The van der Waals surface area contributed by atoms with Crippen LogP contribution in [0.25, 0.3) is 0 Å². The molecule has 0 aliphatic carbocycles. The summed E-state index contributed by atoms with van der Waals surface area (Å²) in [6.07, 6.45) is 0.928. The molecule has 7 nitrogen and oxygen atoms in total. The van der Waals surface area contributed by atoms with Gasteiger partial charge >= 0.3 is 11.9 Å². The number of benzene rings is 2. The van der Waals surface area contributed by atoms with Gasteiger partial charge in [-0.3, -0.25) is 14.4 Å². The Bertz CT molecular complexity index is 1240. The summed E-state index contributed by atoms with van der Waals surface area (Å²) < 4.78 is 10.7. The van der Waals surface area contributed by atoms with Crippen LogP contribution in [0.2, 0.25) is 0 Å². The number of hydrogen-bond donors (Lipinski definition) is 2. The van der Waals surface area contributed by atoms with E-state index in [1.807, 2.05) is 107 Å². The van der Waals surface area contributed by atoms with Crippen LogP contribution in [0.1, 0.15) is 129 Å². The first-order valence-corrected chi connectivity index (χ1v) is 16.4. The number of phenols is 2. The smallest absolute Gasteiger partial charge is 0.306 e. The second-order valence-corrected chi connectivity index (χ2v) is 16.8. The van der Waals surface area contributed by atoms with Crippen molar-refractivity contribution >= 4 is 28.8 Å². The number of carbonyl (C=O) groups is 3. The number of halogens is 1. The maximum atomic E-state index is 12.6. The largest absolute Gasteiger partial charge is 0.507 e. The second-order valence-electron chi connectivity index (χ2n) is 16.4. The van der Waals surface area contributed by atoms with Crippen LogP contribution in [-0.4, -0.2) is 40.6 Å². The number of ether oxygens (including phenoxy) is 2. The van der Waals surface area contributed by atoms with Crippen LogP contribution in [0, 0.1) is 5.92 Å². The molecule has 0 unspecified atom stereocenters. The summed E-state index contributed by atoms with van der Waals surface area (Å²) in [5.41, 5.74) is 3.89. The average Bonchev–Trinajstić information content (AvgIpc) is 2.88. The minimum Gasteiger partial charge on any atom is -0.507 e. The van der Waals surface area contributed by atoms with Crippen molar-refractivity contribution in [3.05, 3.63) is 57.6 Å². The van der Waals surface area contributed by atoms with Gasteiger partial charge in [-0.05, 0) is 79.5 Å². The molecule has 0 amide bonds. The van der Waals surface area contributed by atoms with Crippen molar-refractivity contribution in [1.82, 2.24) is 0 Å². The molecule has 256 valence electrons. The van der Waals surface area contributed by atoms with Crippen LogP contribution in [0.5, 0.6) is 11.5 Å². The zero-order valence-corrected chi connectivity index (χ0v) is 30.7. The van der Waals surface area contributed by atoms with E-state index in [1.54, 1.807) is 0 Å².